The minimum absolute atomic E-state index is 0. The van der Waals surface area contributed by atoms with E-state index in [1.54, 1.807) is 0 Å². The van der Waals surface area contributed by atoms with Gasteiger partial charge < -0.3 is 0 Å². The van der Waals surface area contributed by atoms with Crippen molar-refractivity contribution >= 4 is 31.4 Å². The maximum atomic E-state index is 3.84. The number of rotatable bonds is 0. The fraction of sp³-hybridized carbons (Fsp3) is 0. The Balaban J connectivity index is 0. The summed E-state index contributed by atoms with van der Waals surface area (Å²) in [5.74, 6) is 0. The summed E-state index contributed by atoms with van der Waals surface area (Å²) in [7, 11) is 0. The molecule has 0 aromatic rings. The van der Waals surface area contributed by atoms with E-state index < -0.39 is 14.7 Å². The molecule has 0 spiro atoms. The predicted molar refractivity (Wildman–Crippen MR) is 25.2 cm³/mol. The Kier molecular flexibility index (Phi) is 20.9. The van der Waals surface area contributed by atoms with E-state index in [9.17, 15) is 0 Å². The molecule has 0 saturated heterocycles. The van der Waals surface area contributed by atoms with Gasteiger partial charge in [0.25, 0.3) is 0 Å². The van der Waals surface area contributed by atoms with E-state index in [1.807, 2.05) is 0 Å². The van der Waals surface area contributed by atoms with Crippen molar-refractivity contribution in [3.05, 3.63) is 0 Å². The molecule has 0 aliphatic heterocycles. The van der Waals surface area contributed by atoms with Crippen molar-refractivity contribution in [2.24, 2.45) is 0 Å². The molecular weight excluding hydrogens is 200 g/mol. The van der Waals surface area contributed by atoms with Crippen molar-refractivity contribution in [1.29, 1.82) is 0 Å². The fourth-order valence-electron chi connectivity index (χ4n) is 0. The first-order valence-corrected chi connectivity index (χ1v) is 9.86. The van der Waals surface area contributed by atoms with Crippen molar-refractivity contribution < 1.29 is 14.7 Å². The van der Waals surface area contributed by atoms with Crippen LogP contribution in [0.4, 0.5) is 0 Å². The molecule has 0 radical (unpaired) electrons. The summed E-state index contributed by atoms with van der Waals surface area (Å²) < 4.78 is 0. The molecule has 0 aromatic heterocycles. The normalized spacial score (nSPS) is 4.50. The van der Waals surface area contributed by atoms with Gasteiger partial charge in [-0.1, -0.05) is 0 Å². The maximum absolute atomic E-state index is 3.84. The second-order valence-corrected chi connectivity index (χ2v) is 6.61. The van der Waals surface area contributed by atoms with Gasteiger partial charge in [0, 0.05) is 0 Å². The Labute approximate surface area is 46.1 Å². The average molecular weight is 204 g/mol. The number of hydrogen-bond acceptors (Lipinski definition) is 0. The molecule has 0 aliphatic rings. The molecule has 4 heteroatoms. The molecule has 0 aromatic carbocycles. The van der Waals surface area contributed by atoms with Crippen molar-refractivity contribution in [2.45, 2.75) is 0 Å². The van der Waals surface area contributed by atoms with E-state index in [2.05, 4.69) is 13.8 Å². The monoisotopic (exact) mass is 204 g/mol. The third-order valence-electron chi connectivity index (χ3n) is 0. The standard InChI is InChI=1S/GeH4.2P.Zn/h1H4;;;. The zero-order valence-electron chi connectivity index (χ0n) is 1.60. The van der Waals surface area contributed by atoms with Crippen LogP contribution >= 0.6 is 13.8 Å². The summed E-state index contributed by atoms with van der Waals surface area (Å²) in [4.78, 5) is 0. The Morgan fingerprint density at radius 3 is 1.25 bits per heavy atom. The van der Waals surface area contributed by atoms with Crippen molar-refractivity contribution in [3.63, 3.8) is 0 Å². The van der Waals surface area contributed by atoms with Gasteiger partial charge in [-0.3, -0.25) is 0 Å². The zero-order valence-corrected chi connectivity index (χ0v) is 6.36. The molecule has 0 saturated carbocycles. The Morgan fingerprint density at radius 1 is 1.25 bits per heavy atom. The van der Waals surface area contributed by atoms with Crippen LogP contribution in [0.25, 0.3) is 0 Å². The Morgan fingerprint density at radius 2 is 1.25 bits per heavy atom. The Bertz CT molecular complexity index is 79.2. The first kappa shape index (κ1) is 9.39. The number of hydrogen-bond donors (Lipinski definition) is 0. The van der Waals surface area contributed by atoms with Crippen LogP contribution in [-0.2, 0) is 14.7 Å². The van der Waals surface area contributed by atoms with Crippen LogP contribution in [0.1, 0.15) is 0 Å². The fourth-order valence-corrected chi connectivity index (χ4v) is 0. The minimum atomic E-state index is -0.486. The van der Waals surface area contributed by atoms with Crippen LogP contribution in [-0.4, -0.2) is 17.6 Å². The molecule has 0 fully saturated rings. The van der Waals surface area contributed by atoms with Crippen molar-refractivity contribution in [1.82, 2.24) is 0 Å². The van der Waals surface area contributed by atoms with E-state index in [0.29, 0.717) is 0 Å². The molecule has 0 atom stereocenters. The predicted octanol–water partition coefficient (Wildman–Crippen LogP) is 0.268. The van der Waals surface area contributed by atoms with Crippen molar-refractivity contribution in [2.75, 3.05) is 0 Å². The molecule has 0 unspecified atom stereocenters. The SMILES string of the molecule is [GeH4].[P]#[Zn]#[P]. The average Bonchev–Trinajstić information content (AvgIpc) is 0.918. The quantitative estimate of drug-likeness (QED) is 0.392. The van der Waals surface area contributed by atoms with E-state index in [1.165, 1.54) is 0 Å². The summed E-state index contributed by atoms with van der Waals surface area (Å²) in [6.45, 7) is 7.68. The molecule has 0 heterocycles. The zero-order chi connectivity index (χ0) is 2.71. The van der Waals surface area contributed by atoms with Gasteiger partial charge in [0.05, 0.1) is 0 Å². The van der Waals surface area contributed by atoms with Gasteiger partial charge >= 0.3 is 46.1 Å². The van der Waals surface area contributed by atoms with E-state index in [0.717, 1.165) is 0 Å². The molecule has 20 valence electrons. The summed E-state index contributed by atoms with van der Waals surface area (Å²) in [5.41, 5.74) is 0. The summed E-state index contributed by atoms with van der Waals surface area (Å²) in [6, 6.07) is 0. The molecular formula is H4GeP2Zn. The van der Waals surface area contributed by atoms with Crippen LogP contribution in [0.5, 0.6) is 0 Å². The topological polar surface area (TPSA) is 0 Å². The van der Waals surface area contributed by atoms with Gasteiger partial charge in [-0.2, -0.15) is 0 Å². The van der Waals surface area contributed by atoms with Crippen LogP contribution < -0.4 is 0 Å². The van der Waals surface area contributed by atoms with Gasteiger partial charge in [0.1, 0.15) is 0 Å². The van der Waals surface area contributed by atoms with E-state index in [-0.39, 0.29) is 17.6 Å². The van der Waals surface area contributed by atoms with Gasteiger partial charge in [-0.25, -0.2) is 0 Å². The molecule has 0 rings (SSSR count). The van der Waals surface area contributed by atoms with Crippen molar-refractivity contribution in [3.8, 4) is 0 Å². The molecule has 0 amide bonds. The summed E-state index contributed by atoms with van der Waals surface area (Å²) in [5, 5.41) is 0. The third kappa shape index (κ3) is 8.98. The van der Waals surface area contributed by atoms with E-state index in [4.69, 9.17) is 0 Å². The molecule has 0 aliphatic carbocycles. The molecule has 0 N–H and O–H groups in total. The molecule has 0 bridgehead atoms. The molecule has 0 nitrogen and oxygen atoms in total. The summed E-state index contributed by atoms with van der Waals surface area (Å²) >= 11 is -0.486. The van der Waals surface area contributed by atoms with E-state index >= 15 is 0 Å². The van der Waals surface area contributed by atoms with Gasteiger partial charge in [-0.15, -0.1) is 0 Å². The second-order valence-electron chi connectivity index (χ2n) is 0.141. The summed E-state index contributed by atoms with van der Waals surface area (Å²) in [6.07, 6.45) is 0. The van der Waals surface area contributed by atoms with Crippen LogP contribution in [0.2, 0.25) is 0 Å². The van der Waals surface area contributed by atoms with Gasteiger partial charge in [0.15, 0.2) is 0 Å². The molecule has 4 heavy (non-hydrogen) atoms. The third-order valence-corrected chi connectivity index (χ3v) is 0. The first-order chi connectivity index (χ1) is 1.41. The van der Waals surface area contributed by atoms with Crippen LogP contribution in [0, 0.1) is 0 Å². The second kappa shape index (κ2) is 8.90. The van der Waals surface area contributed by atoms with Crippen LogP contribution in [0.15, 0.2) is 0 Å². The van der Waals surface area contributed by atoms with Crippen LogP contribution in [0.3, 0.4) is 0 Å². The van der Waals surface area contributed by atoms with Gasteiger partial charge in [-0.05, 0) is 0 Å². The van der Waals surface area contributed by atoms with Gasteiger partial charge in [0.2, 0.25) is 0 Å². The first-order valence-electron chi connectivity index (χ1n) is 0.632. The Hall–Kier alpha value is 2.03.